The van der Waals surface area contributed by atoms with E-state index in [1.54, 1.807) is 6.20 Å². The molecule has 5 heterocycles. The van der Waals surface area contributed by atoms with Crippen LogP contribution in [0, 0.1) is 0 Å². The highest BCUT2D eigenvalue weighted by atomic mass is 35.5. The third kappa shape index (κ3) is 5.85. The van der Waals surface area contributed by atoms with Gasteiger partial charge in [0.2, 0.25) is 0 Å². The molecule has 0 spiro atoms. The topological polar surface area (TPSA) is 82.9 Å². The van der Waals surface area contributed by atoms with Crippen LogP contribution in [0.1, 0.15) is 19.8 Å². The molecular formula is C28H35ClN8O. The first kappa shape index (κ1) is 26.2. The molecule has 200 valence electrons. The minimum atomic E-state index is 0. The molecule has 38 heavy (non-hydrogen) atoms. The molecule has 0 bridgehead atoms. The highest BCUT2D eigenvalue weighted by Gasteiger charge is 2.21. The minimum absolute atomic E-state index is 0. The number of fused-ring (bicyclic) bond motifs is 1. The van der Waals surface area contributed by atoms with Gasteiger partial charge in [0.25, 0.3) is 0 Å². The third-order valence-electron chi connectivity index (χ3n) is 7.22. The fourth-order valence-corrected chi connectivity index (χ4v) is 5.19. The van der Waals surface area contributed by atoms with Gasteiger partial charge < -0.3 is 20.3 Å². The van der Waals surface area contributed by atoms with Crippen molar-refractivity contribution in [3.63, 3.8) is 0 Å². The van der Waals surface area contributed by atoms with Crippen LogP contribution in [0.3, 0.4) is 0 Å². The lowest BCUT2D eigenvalue weighted by Crippen LogP contribution is -2.44. The third-order valence-corrected chi connectivity index (χ3v) is 7.22. The summed E-state index contributed by atoms with van der Waals surface area (Å²) in [4.78, 5) is 14.2. The smallest absolute Gasteiger partial charge is 0.177 e. The summed E-state index contributed by atoms with van der Waals surface area (Å²) in [5.74, 6) is 2.65. The van der Waals surface area contributed by atoms with Crippen LogP contribution < -0.4 is 20.3 Å². The van der Waals surface area contributed by atoms with Crippen LogP contribution in [-0.2, 0) is 0 Å². The summed E-state index contributed by atoms with van der Waals surface area (Å²) in [6, 6.07) is 16.8. The summed E-state index contributed by atoms with van der Waals surface area (Å²) in [7, 11) is 0. The van der Waals surface area contributed by atoms with Crippen molar-refractivity contribution in [1.29, 1.82) is 0 Å². The number of nitrogens with zero attached hydrogens (tertiary/aromatic N) is 6. The van der Waals surface area contributed by atoms with Crippen molar-refractivity contribution in [3.8, 4) is 17.0 Å². The first-order chi connectivity index (χ1) is 18.2. The highest BCUT2D eigenvalue weighted by molar-refractivity contribution is 5.85. The van der Waals surface area contributed by atoms with Gasteiger partial charge in [0.1, 0.15) is 24.0 Å². The van der Waals surface area contributed by atoms with E-state index in [1.165, 1.54) is 12.8 Å². The number of ether oxygens (including phenoxy) is 1. The van der Waals surface area contributed by atoms with Gasteiger partial charge in [-0.25, -0.2) is 14.5 Å². The SMILES string of the molecule is CC1CCCN1c1cccc(Nc2cc(-c3cccc(OCCN4CCNCC4)c3)nn3ccnc23)n1.Cl. The molecule has 2 N–H and O–H groups in total. The molecule has 1 aromatic carbocycles. The van der Waals surface area contributed by atoms with Crippen LogP contribution >= 0.6 is 12.4 Å². The molecule has 3 aromatic heterocycles. The number of imidazole rings is 1. The van der Waals surface area contributed by atoms with E-state index in [4.69, 9.17) is 14.8 Å². The molecule has 0 amide bonds. The quantitative estimate of drug-likeness (QED) is 0.347. The Morgan fingerprint density at radius 3 is 2.79 bits per heavy atom. The number of anilines is 3. The van der Waals surface area contributed by atoms with Gasteiger partial charge in [0, 0.05) is 63.3 Å². The van der Waals surface area contributed by atoms with Crippen LogP contribution in [0.25, 0.3) is 16.9 Å². The van der Waals surface area contributed by atoms with Gasteiger partial charge in [-0.15, -0.1) is 12.4 Å². The number of hydrogen-bond donors (Lipinski definition) is 2. The van der Waals surface area contributed by atoms with Crippen molar-refractivity contribution in [1.82, 2.24) is 29.8 Å². The van der Waals surface area contributed by atoms with Crippen LogP contribution in [0.4, 0.5) is 17.3 Å². The number of piperazine rings is 1. The van der Waals surface area contributed by atoms with Crippen LogP contribution in [0.5, 0.6) is 5.75 Å². The maximum absolute atomic E-state index is 6.10. The molecule has 10 heteroatoms. The summed E-state index contributed by atoms with van der Waals surface area (Å²) in [6.07, 6.45) is 6.05. The van der Waals surface area contributed by atoms with Crippen molar-refractivity contribution in [2.75, 3.05) is 56.1 Å². The van der Waals surface area contributed by atoms with E-state index in [0.717, 1.165) is 79.2 Å². The average molecular weight is 535 g/mol. The van der Waals surface area contributed by atoms with Crippen LogP contribution in [0.2, 0.25) is 0 Å². The van der Waals surface area contributed by atoms with E-state index in [2.05, 4.69) is 56.6 Å². The van der Waals surface area contributed by atoms with Gasteiger partial charge in [-0.05, 0) is 50.1 Å². The Bertz CT molecular complexity index is 1360. The molecule has 0 radical (unpaired) electrons. The standard InChI is InChI=1S/C28H34N8O.ClH/c1-21-5-4-13-35(21)27-9-3-8-26(32-27)31-25-20-24(33-36-16-12-30-28(25)36)22-6-2-7-23(19-22)37-18-17-34-14-10-29-11-15-34;/h2-3,6-9,12,16,19-21,29H,4-5,10-11,13-15,17-18H2,1H3,(H,31,32);1H. The van der Waals surface area contributed by atoms with Crippen molar-refractivity contribution >= 4 is 35.4 Å². The largest absolute Gasteiger partial charge is 0.492 e. The van der Waals surface area contributed by atoms with Gasteiger partial charge in [-0.3, -0.25) is 4.90 Å². The normalized spacial score (nSPS) is 17.9. The molecule has 2 aliphatic rings. The zero-order valence-electron chi connectivity index (χ0n) is 21.7. The monoisotopic (exact) mass is 534 g/mol. The van der Waals surface area contributed by atoms with E-state index >= 15 is 0 Å². The molecule has 4 aromatic rings. The van der Waals surface area contributed by atoms with Gasteiger partial charge in [-0.1, -0.05) is 18.2 Å². The molecule has 0 saturated carbocycles. The lowest BCUT2D eigenvalue weighted by atomic mass is 10.1. The minimum Gasteiger partial charge on any atom is -0.492 e. The van der Waals surface area contributed by atoms with Crippen molar-refractivity contribution in [2.45, 2.75) is 25.8 Å². The Morgan fingerprint density at radius 1 is 1.08 bits per heavy atom. The lowest BCUT2D eigenvalue weighted by molar-refractivity contribution is 0.191. The fraction of sp³-hybridized carbons (Fsp3) is 0.393. The Morgan fingerprint density at radius 2 is 1.95 bits per heavy atom. The fourth-order valence-electron chi connectivity index (χ4n) is 5.19. The maximum atomic E-state index is 6.10. The Kier molecular flexibility index (Phi) is 8.26. The number of rotatable bonds is 8. The number of aromatic nitrogens is 4. The molecule has 6 rings (SSSR count). The predicted octanol–water partition coefficient (Wildman–Crippen LogP) is 4.23. The summed E-state index contributed by atoms with van der Waals surface area (Å²) in [5, 5.41) is 11.7. The summed E-state index contributed by atoms with van der Waals surface area (Å²) >= 11 is 0. The van der Waals surface area contributed by atoms with Crippen molar-refractivity contribution in [2.24, 2.45) is 0 Å². The molecule has 2 aliphatic heterocycles. The highest BCUT2D eigenvalue weighted by Crippen LogP contribution is 2.29. The number of hydrogen-bond acceptors (Lipinski definition) is 8. The number of nitrogens with one attached hydrogen (secondary N) is 2. The van der Waals surface area contributed by atoms with Gasteiger partial charge in [-0.2, -0.15) is 5.10 Å². The first-order valence-corrected chi connectivity index (χ1v) is 13.2. The number of benzene rings is 1. The maximum Gasteiger partial charge on any atom is 0.177 e. The molecular weight excluding hydrogens is 500 g/mol. The number of halogens is 1. The van der Waals surface area contributed by atoms with Crippen LogP contribution in [0.15, 0.2) is 60.9 Å². The summed E-state index contributed by atoms with van der Waals surface area (Å²) < 4.78 is 7.91. The van der Waals surface area contributed by atoms with Crippen molar-refractivity contribution in [3.05, 3.63) is 60.9 Å². The molecule has 2 fully saturated rings. The van der Waals surface area contributed by atoms with E-state index in [1.807, 2.05) is 35.0 Å². The van der Waals surface area contributed by atoms with E-state index < -0.39 is 0 Å². The summed E-state index contributed by atoms with van der Waals surface area (Å²) in [6.45, 7) is 9.15. The van der Waals surface area contributed by atoms with E-state index in [0.29, 0.717) is 12.6 Å². The van der Waals surface area contributed by atoms with Gasteiger partial charge >= 0.3 is 0 Å². The Hall–Kier alpha value is -3.40. The van der Waals surface area contributed by atoms with Crippen molar-refractivity contribution < 1.29 is 4.74 Å². The Balaban J connectivity index is 0.00000294. The molecule has 2 saturated heterocycles. The van der Waals surface area contributed by atoms with E-state index in [-0.39, 0.29) is 12.4 Å². The predicted molar refractivity (Wildman–Crippen MR) is 154 cm³/mol. The van der Waals surface area contributed by atoms with Gasteiger partial charge in [0.15, 0.2) is 5.65 Å². The second-order valence-corrected chi connectivity index (χ2v) is 9.80. The zero-order valence-corrected chi connectivity index (χ0v) is 22.5. The molecule has 0 aliphatic carbocycles. The summed E-state index contributed by atoms with van der Waals surface area (Å²) in [5.41, 5.74) is 3.45. The average Bonchev–Trinajstić information content (AvgIpc) is 3.59. The molecule has 1 unspecified atom stereocenters. The van der Waals surface area contributed by atoms with Gasteiger partial charge in [0.05, 0.1) is 11.4 Å². The number of pyridine rings is 1. The molecule has 1 atom stereocenters. The molecule has 9 nitrogen and oxygen atoms in total. The van der Waals surface area contributed by atoms with Crippen LogP contribution in [-0.4, -0.2) is 76.4 Å². The Labute approximate surface area is 229 Å². The second-order valence-electron chi connectivity index (χ2n) is 9.80. The second kappa shape index (κ2) is 12.0. The van der Waals surface area contributed by atoms with E-state index in [9.17, 15) is 0 Å². The lowest BCUT2D eigenvalue weighted by Gasteiger charge is -2.26. The first-order valence-electron chi connectivity index (χ1n) is 13.2. The zero-order chi connectivity index (χ0) is 25.0.